The Hall–Kier alpha value is -1.16. The number of hydrogen-bond acceptors (Lipinski definition) is 3. The van der Waals surface area contributed by atoms with Gasteiger partial charge in [0.1, 0.15) is 5.75 Å². The van der Waals surface area contributed by atoms with Crippen LogP contribution in [-0.4, -0.2) is 22.5 Å². The summed E-state index contributed by atoms with van der Waals surface area (Å²) in [5.41, 5.74) is 1.20. The highest BCUT2D eigenvalue weighted by molar-refractivity contribution is 7.85. The smallest absolute Gasteiger partial charge is 0.318 e. The van der Waals surface area contributed by atoms with Gasteiger partial charge in [0.05, 0.1) is 17.4 Å². The average Bonchev–Trinajstić information content (AvgIpc) is 2.39. The lowest BCUT2D eigenvalue weighted by Gasteiger charge is -2.07. The van der Waals surface area contributed by atoms with Crippen LogP contribution in [0, 0.1) is 0 Å². The van der Waals surface area contributed by atoms with E-state index in [0.29, 0.717) is 17.4 Å². The van der Waals surface area contributed by atoms with Crippen molar-refractivity contribution in [1.29, 1.82) is 0 Å². The molecule has 4 heteroatoms. The maximum Gasteiger partial charge on any atom is 0.318 e. The van der Waals surface area contributed by atoms with Crippen LogP contribution in [0.15, 0.2) is 29.2 Å². The van der Waals surface area contributed by atoms with Crippen molar-refractivity contribution in [2.75, 3.05) is 12.4 Å². The van der Waals surface area contributed by atoms with Crippen LogP contribution in [0.25, 0.3) is 0 Å². The number of unbranched alkanes of at least 4 members (excludes halogenated alkanes) is 1. The molecule has 1 unspecified atom stereocenters. The van der Waals surface area contributed by atoms with Gasteiger partial charge in [0.25, 0.3) is 0 Å². The third-order valence-electron chi connectivity index (χ3n) is 2.82. The molecule has 1 aromatic carbocycles. The van der Waals surface area contributed by atoms with Gasteiger partial charge in [-0.25, -0.2) is 0 Å². The zero-order chi connectivity index (χ0) is 14.3. The third kappa shape index (κ3) is 5.55. The summed E-state index contributed by atoms with van der Waals surface area (Å²) in [6.07, 6.45) is 1.83. The molecule has 0 amide bonds. The van der Waals surface area contributed by atoms with Crippen molar-refractivity contribution in [3.8, 4) is 0 Å². The fourth-order valence-electron chi connectivity index (χ4n) is 1.57. The van der Waals surface area contributed by atoms with Gasteiger partial charge < -0.3 is 4.74 Å². The average molecular weight is 282 g/mol. The Morgan fingerprint density at radius 3 is 2.42 bits per heavy atom. The SMILES string of the molecule is CCCCOC(=O)CS(=O)c1ccc(C(C)C)cc1. The second-order valence-corrected chi connectivity index (χ2v) is 6.24. The highest BCUT2D eigenvalue weighted by atomic mass is 32.2. The first-order valence-electron chi connectivity index (χ1n) is 6.68. The van der Waals surface area contributed by atoms with Crippen molar-refractivity contribution in [2.45, 2.75) is 44.4 Å². The van der Waals surface area contributed by atoms with Crippen molar-refractivity contribution < 1.29 is 13.7 Å². The van der Waals surface area contributed by atoms with Crippen molar-refractivity contribution >= 4 is 16.8 Å². The summed E-state index contributed by atoms with van der Waals surface area (Å²) in [6, 6.07) is 7.57. The molecule has 0 N–H and O–H groups in total. The Kier molecular flexibility index (Phi) is 6.78. The van der Waals surface area contributed by atoms with Gasteiger partial charge in [0.2, 0.25) is 0 Å². The highest BCUT2D eigenvalue weighted by Gasteiger charge is 2.11. The fraction of sp³-hybridized carbons (Fsp3) is 0.533. The summed E-state index contributed by atoms with van der Waals surface area (Å²) < 4.78 is 17.0. The van der Waals surface area contributed by atoms with Gasteiger partial charge in [0.15, 0.2) is 0 Å². The number of esters is 1. The van der Waals surface area contributed by atoms with Crippen molar-refractivity contribution in [1.82, 2.24) is 0 Å². The van der Waals surface area contributed by atoms with E-state index < -0.39 is 10.8 Å². The molecule has 0 bridgehead atoms. The number of hydrogen-bond donors (Lipinski definition) is 0. The molecule has 0 aliphatic carbocycles. The standard InChI is InChI=1S/C15H22O3S/c1-4-5-10-18-15(16)11-19(17)14-8-6-13(7-9-14)12(2)3/h6-9,12H,4-5,10-11H2,1-3H3. The molecule has 1 aromatic rings. The van der Waals surface area contributed by atoms with Crippen LogP contribution >= 0.6 is 0 Å². The summed E-state index contributed by atoms with van der Waals surface area (Å²) in [6.45, 7) is 6.66. The molecule has 0 heterocycles. The van der Waals surface area contributed by atoms with Gasteiger partial charge >= 0.3 is 5.97 Å². The van der Waals surface area contributed by atoms with E-state index >= 15 is 0 Å². The van der Waals surface area contributed by atoms with E-state index in [9.17, 15) is 9.00 Å². The van der Waals surface area contributed by atoms with Gasteiger partial charge in [-0.15, -0.1) is 0 Å². The van der Waals surface area contributed by atoms with E-state index in [1.807, 2.05) is 31.2 Å². The lowest BCUT2D eigenvalue weighted by atomic mass is 10.0. The monoisotopic (exact) mass is 282 g/mol. The molecule has 1 rings (SSSR count). The Bertz CT molecular complexity index is 424. The van der Waals surface area contributed by atoms with Crippen LogP contribution in [0.4, 0.5) is 0 Å². The Labute approximate surface area is 117 Å². The van der Waals surface area contributed by atoms with E-state index in [4.69, 9.17) is 4.74 Å². The molecule has 0 radical (unpaired) electrons. The molecule has 1 atom stereocenters. The topological polar surface area (TPSA) is 43.4 Å². The van der Waals surface area contributed by atoms with Crippen LogP contribution in [0.2, 0.25) is 0 Å². The molecule has 0 aliphatic rings. The van der Waals surface area contributed by atoms with Crippen molar-refractivity contribution in [2.24, 2.45) is 0 Å². The fourth-order valence-corrected chi connectivity index (χ4v) is 2.47. The minimum atomic E-state index is -1.31. The Morgan fingerprint density at radius 1 is 1.26 bits per heavy atom. The molecule has 0 aliphatic heterocycles. The van der Waals surface area contributed by atoms with E-state index in [1.54, 1.807) is 0 Å². The largest absolute Gasteiger partial charge is 0.465 e. The van der Waals surface area contributed by atoms with Crippen LogP contribution in [0.1, 0.15) is 45.1 Å². The van der Waals surface area contributed by atoms with Gasteiger partial charge in [0, 0.05) is 4.90 Å². The number of carbonyl (C=O) groups excluding carboxylic acids is 1. The molecule has 19 heavy (non-hydrogen) atoms. The summed E-state index contributed by atoms with van der Waals surface area (Å²) >= 11 is 0. The quantitative estimate of drug-likeness (QED) is 0.569. The second kappa shape index (κ2) is 8.10. The lowest BCUT2D eigenvalue weighted by molar-refractivity contribution is -0.140. The molecule has 0 saturated heterocycles. The Balaban J connectivity index is 2.51. The van der Waals surface area contributed by atoms with Gasteiger partial charge in [-0.05, 0) is 30.0 Å². The van der Waals surface area contributed by atoms with E-state index in [-0.39, 0.29) is 11.7 Å². The molecule has 0 fully saturated rings. The van der Waals surface area contributed by atoms with Crippen LogP contribution in [0.5, 0.6) is 0 Å². The molecule has 0 saturated carbocycles. The van der Waals surface area contributed by atoms with Crippen LogP contribution < -0.4 is 0 Å². The summed E-state index contributed by atoms with van der Waals surface area (Å²) in [4.78, 5) is 12.1. The zero-order valence-corrected chi connectivity index (χ0v) is 12.7. The number of carbonyl (C=O) groups is 1. The van der Waals surface area contributed by atoms with Crippen molar-refractivity contribution in [3.05, 3.63) is 29.8 Å². The first kappa shape index (κ1) is 15.9. The first-order valence-corrected chi connectivity index (χ1v) is 8.00. The first-order chi connectivity index (χ1) is 9.04. The van der Waals surface area contributed by atoms with Crippen LogP contribution in [0.3, 0.4) is 0 Å². The highest BCUT2D eigenvalue weighted by Crippen LogP contribution is 2.16. The predicted molar refractivity (Wildman–Crippen MR) is 77.7 cm³/mol. The van der Waals surface area contributed by atoms with Gasteiger partial charge in [-0.3, -0.25) is 9.00 Å². The maximum atomic E-state index is 12.0. The van der Waals surface area contributed by atoms with Crippen LogP contribution in [-0.2, 0) is 20.3 Å². The summed E-state index contributed by atoms with van der Waals surface area (Å²) in [7, 11) is -1.31. The lowest BCUT2D eigenvalue weighted by Crippen LogP contribution is -2.15. The molecule has 106 valence electrons. The van der Waals surface area contributed by atoms with Crippen molar-refractivity contribution in [3.63, 3.8) is 0 Å². The Morgan fingerprint density at radius 2 is 1.89 bits per heavy atom. The van der Waals surface area contributed by atoms with E-state index in [0.717, 1.165) is 12.8 Å². The maximum absolute atomic E-state index is 12.0. The summed E-state index contributed by atoms with van der Waals surface area (Å²) in [5.74, 6) is -0.00806. The number of benzene rings is 1. The molecular weight excluding hydrogens is 260 g/mol. The second-order valence-electron chi connectivity index (χ2n) is 4.79. The minimum absolute atomic E-state index is 0.0647. The molecular formula is C15H22O3S. The predicted octanol–water partition coefficient (Wildman–Crippen LogP) is 3.26. The normalized spacial score (nSPS) is 12.4. The molecule has 3 nitrogen and oxygen atoms in total. The molecule has 0 aromatic heterocycles. The number of ether oxygens (including phenoxy) is 1. The third-order valence-corrected chi connectivity index (χ3v) is 4.12. The van der Waals surface area contributed by atoms with Gasteiger partial charge in [-0.2, -0.15) is 0 Å². The number of rotatable bonds is 7. The zero-order valence-electron chi connectivity index (χ0n) is 11.8. The van der Waals surface area contributed by atoms with E-state index in [2.05, 4.69) is 13.8 Å². The van der Waals surface area contributed by atoms with E-state index in [1.165, 1.54) is 5.56 Å². The molecule has 0 spiro atoms. The minimum Gasteiger partial charge on any atom is -0.465 e. The summed E-state index contributed by atoms with van der Waals surface area (Å²) in [5, 5.41) is 0. The van der Waals surface area contributed by atoms with Gasteiger partial charge in [-0.1, -0.05) is 39.3 Å².